The number of hydrogen-bond acceptors (Lipinski definition) is 3. The van der Waals surface area contributed by atoms with E-state index >= 15 is 0 Å². The average molecular weight is 351 g/mol. The fourth-order valence-corrected chi connectivity index (χ4v) is 3.79. The van der Waals surface area contributed by atoms with Crippen LogP contribution >= 0.6 is 0 Å². The first-order valence-corrected chi connectivity index (χ1v) is 9.55. The minimum atomic E-state index is 0.102. The normalized spacial score (nSPS) is 19.3. The first kappa shape index (κ1) is 17.0. The van der Waals surface area contributed by atoms with Crippen LogP contribution in [-0.4, -0.2) is 30.6 Å². The summed E-state index contributed by atoms with van der Waals surface area (Å²) in [6.45, 7) is 4.28. The Hall–Kier alpha value is -2.49. The minimum absolute atomic E-state index is 0.102. The summed E-state index contributed by atoms with van der Waals surface area (Å²) in [6.07, 6.45) is 3.89. The van der Waals surface area contributed by atoms with Crippen LogP contribution in [0.3, 0.4) is 0 Å². The number of aryl methyl sites for hydroxylation is 1. The molecule has 0 radical (unpaired) electrons. The monoisotopic (exact) mass is 351 g/mol. The van der Waals surface area contributed by atoms with Crippen molar-refractivity contribution in [2.45, 2.75) is 38.6 Å². The number of likely N-dealkylation sites (tertiary alicyclic amines) is 1. The third kappa shape index (κ3) is 3.28. The summed E-state index contributed by atoms with van der Waals surface area (Å²) >= 11 is 0. The molecule has 0 bridgehead atoms. The molecule has 4 nitrogen and oxygen atoms in total. The Morgan fingerprint density at radius 3 is 2.58 bits per heavy atom. The van der Waals surface area contributed by atoms with Crippen molar-refractivity contribution in [2.24, 2.45) is 0 Å². The van der Waals surface area contributed by atoms with Gasteiger partial charge in [-0.25, -0.2) is 0 Å². The maximum atomic E-state index is 13.0. The molecular weight excluding hydrogens is 326 g/mol. The van der Waals surface area contributed by atoms with Gasteiger partial charge in [0.25, 0.3) is 5.91 Å². The molecule has 0 saturated carbocycles. The van der Waals surface area contributed by atoms with Gasteiger partial charge in [-0.1, -0.05) is 25.1 Å². The van der Waals surface area contributed by atoms with Crippen molar-refractivity contribution in [2.75, 3.05) is 19.8 Å². The minimum Gasteiger partial charge on any atom is -0.490 e. The van der Waals surface area contributed by atoms with E-state index in [4.69, 9.17) is 9.47 Å². The highest BCUT2D eigenvalue weighted by Gasteiger charge is 2.31. The lowest BCUT2D eigenvalue weighted by atomic mass is 10.0. The van der Waals surface area contributed by atoms with Gasteiger partial charge >= 0.3 is 0 Å². The van der Waals surface area contributed by atoms with Crippen LogP contribution in [0.2, 0.25) is 0 Å². The van der Waals surface area contributed by atoms with E-state index in [9.17, 15) is 4.79 Å². The van der Waals surface area contributed by atoms with Crippen molar-refractivity contribution >= 4 is 5.91 Å². The van der Waals surface area contributed by atoms with Crippen molar-refractivity contribution in [1.82, 2.24) is 4.90 Å². The van der Waals surface area contributed by atoms with Gasteiger partial charge in [0.1, 0.15) is 0 Å². The summed E-state index contributed by atoms with van der Waals surface area (Å²) in [5, 5.41) is 0. The SMILES string of the molecule is CCc1ccc(C(=O)N2CCC[C@H]2c2ccc3c(c2)OCCCO3)cc1. The predicted molar refractivity (Wildman–Crippen MR) is 101 cm³/mol. The van der Waals surface area contributed by atoms with Gasteiger partial charge in [-0.3, -0.25) is 4.79 Å². The summed E-state index contributed by atoms with van der Waals surface area (Å²) in [5.41, 5.74) is 3.15. The number of hydrogen-bond donors (Lipinski definition) is 0. The lowest BCUT2D eigenvalue weighted by Crippen LogP contribution is -2.30. The van der Waals surface area contributed by atoms with E-state index in [2.05, 4.69) is 19.1 Å². The second-order valence-corrected chi connectivity index (χ2v) is 6.96. The zero-order chi connectivity index (χ0) is 17.9. The third-order valence-electron chi connectivity index (χ3n) is 5.28. The largest absolute Gasteiger partial charge is 0.490 e. The summed E-state index contributed by atoms with van der Waals surface area (Å²) < 4.78 is 11.6. The number of carbonyl (C=O) groups is 1. The van der Waals surface area contributed by atoms with Gasteiger partial charge in [-0.15, -0.1) is 0 Å². The van der Waals surface area contributed by atoms with Crippen molar-refractivity contribution < 1.29 is 14.3 Å². The first-order valence-electron chi connectivity index (χ1n) is 9.55. The van der Waals surface area contributed by atoms with Crippen LogP contribution in [0.4, 0.5) is 0 Å². The highest BCUT2D eigenvalue weighted by atomic mass is 16.5. The second kappa shape index (κ2) is 7.40. The number of carbonyl (C=O) groups excluding carboxylic acids is 1. The Kier molecular flexibility index (Phi) is 4.83. The number of fused-ring (bicyclic) bond motifs is 1. The fourth-order valence-electron chi connectivity index (χ4n) is 3.79. The van der Waals surface area contributed by atoms with Crippen LogP contribution in [0.25, 0.3) is 0 Å². The van der Waals surface area contributed by atoms with Gasteiger partial charge in [-0.2, -0.15) is 0 Å². The Morgan fingerprint density at radius 1 is 1.04 bits per heavy atom. The zero-order valence-corrected chi connectivity index (χ0v) is 15.2. The second-order valence-electron chi connectivity index (χ2n) is 6.96. The van der Waals surface area contributed by atoms with Crippen molar-refractivity contribution in [3.63, 3.8) is 0 Å². The Balaban J connectivity index is 1.58. The number of nitrogens with zero attached hydrogens (tertiary/aromatic N) is 1. The maximum Gasteiger partial charge on any atom is 0.254 e. The predicted octanol–water partition coefficient (Wildman–Crippen LogP) is 4.39. The molecule has 1 amide bonds. The molecule has 136 valence electrons. The van der Waals surface area contributed by atoms with Crippen LogP contribution < -0.4 is 9.47 Å². The molecule has 4 heteroatoms. The number of amides is 1. The Morgan fingerprint density at radius 2 is 1.81 bits per heavy atom. The van der Waals surface area contributed by atoms with Crippen molar-refractivity contribution in [3.8, 4) is 11.5 Å². The van der Waals surface area contributed by atoms with E-state index in [0.29, 0.717) is 13.2 Å². The zero-order valence-electron chi connectivity index (χ0n) is 15.2. The molecule has 0 N–H and O–H groups in total. The molecule has 0 spiro atoms. The molecule has 1 atom stereocenters. The number of rotatable bonds is 3. The quantitative estimate of drug-likeness (QED) is 0.823. The molecule has 2 aromatic carbocycles. The van der Waals surface area contributed by atoms with Crippen LogP contribution in [0.15, 0.2) is 42.5 Å². The summed E-state index contributed by atoms with van der Waals surface area (Å²) in [4.78, 5) is 15.0. The standard InChI is InChI=1S/C22H25NO3/c1-2-16-6-8-17(9-7-16)22(24)23-12-3-5-19(23)18-10-11-20-21(15-18)26-14-4-13-25-20/h6-11,15,19H,2-5,12-14H2,1H3/t19-/m0/s1. The molecule has 2 aliphatic rings. The number of ether oxygens (including phenoxy) is 2. The maximum absolute atomic E-state index is 13.0. The average Bonchev–Trinajstić information content (AvgIpc) is 3.06. The molecule has 26 heavy (non-hydrogen) atoms. The Bertz CT molecular complexity index is 784. The summed E-state index contributed by atoms with van der Waals surface area (Å²) in [5.74, 6) is 1.71. The molecular formula is C22H25NO3. The fraction of sp³-hybridized carbons (Fsp3) is 0.409. The third-order valence-corrected chi connectivity index (χ3v) is 5.28. The molecule has 2 aromatic rings. The molecule has 2 aliphatic heterocycles. The Labute approximate surface area is 154 Å². The van der Waals surface area contributed by atoms with Gasteiger partial charge in [-0.05, 0) is 54.7 Å². The van der Waals surface area contributed by atoms with Gasteiger partial charge in [0, 0.05) is 18.5 Å². The van der Waals surface area contributed by atoms with Gasteiger partial charge in [0.15, 0.2) is 11.5 Å². The smallest absolute Gasteiger partial charge is 0.254 e. The summed E-state index contributed by atoms with van der Waals surface area (Å²) in [7, 11) is 0. The van der Waals surface area contributed by atoms with Crippen molar-refractivity contribution in [1.29, 1.82) is 0 Å². The van der Waals surface area contributed by atoms with E-state index in [0.717, 1.165) is 54.9 Å². The van der Waals surface area contributed by atoms with Gasteiger partial charge in [0.05, 0.1) is 19.3 Å². The molecule has 1 fully saturated rings. The van der Waals surface area contributed by atoms with E-state index in [1.165, 1.54) is 5.56 Å². The highest BCUT2D eigenvalue weighted by molar-refractivity contribution is 5.94. The molecule has 0 aliphatic carbocycles. The lowest BCUT2D eigenvalue weighted by Gasteiger charge is -2.26. The lowest BCUT2D eigenvalue weighted by molar-refractivity contribution is 0.0735. The van der Waals surface area contributed by atoms with Gasteiger partial charge < -0.3 is 14.4 Å². The van der Waals surface area contributed by atoms with E-state index < -0.39 is 0 Å². The van der Waals surface area contributed by atoms with Crippen molar-refractivity contribution in [3.05, 3.63) is 59.2 Å². The highest BCUT2D eigenvalue weighted by Crippen LogP contribution is 2.38. The van der Waals surface area contributed by atoms with Crippen LogP contribution in [0.5, 0.6) is 11.5 Å². The summed E-state index contributed by atoms with van der Waals surface area (Å²) in [6, 6.07) is 14.2. The molecule has 2 heterocycles. The molecule has 4 rings (SSSR count). The van der Waals surface area contributed by atoms with Gasteiger partial charge in [0.2, 0.25) is 0 Å². The molecule has 1 saturated heterocycles. The van der Waals surface area contributed by atoms with E-state index in [1.807, 2.05) is 35.2 Å². The topological polar surface area (TPSA) is 38.8 Å². The van der Waals surface area contributed by atoms with E-state index in [-0.39, 0.29) is 11.9 Å². The van der Waals surface area contributed by atoms with Crippen LogP contribution in [0.1, 0.15) is 53.7 Å². The van der Waals surface area contributed by atoms with E-state index in [1.54, 1.807) is 0 Å². The first-order chi connectivity index (χ1) is 12.8. The number of benzene rings is 2. The van der Waals surface area contributed by atoms with Crippen LogP contribution in [-0.2, 0) is 6.42 Å². The molecule has 0 unspecified atom stereocenters. The van der Waals surface area contributed by atoms with Crippen LogP contribution in [0, 0.1) is 0 Å². The molecule has 0 aromatic heterocycles.